The monoisotopic (exact) mass is 356 g/mol. The molecule has 2 heterocycles. The van der Waals surface area contributed by atoms with Crippen molar-refractivity contribution in [3.8, 4) is 5.88 Å². The fourth-order valence-corrected chi connectivity index (χ4v) is 2.57. The molecule has 1 aromatic carbocycles. The summed E-state index contributed by atoms with van der Waals surface area (Å²) >= 11 is 0. The molecule has 24 heavy (non-hydrogen) atoms. The Kier molecular flexibility index (Phi) is 3.96. The van der Waals surface area contributed by atoms with Gasteiger partial charge in [0.05, 0.1) is 0 Å². The van der Waals surface area contributed by atoms with Crippen LogP contribution in [-0.2, 0) is 16.7 Å². The average Bonchev–Trinajstić information content (AvgIpc) is 2.89. The van der Waals surface area contributed by atoms with Crippen LogP contribution in [0.2, 0.25) is 0 Å². The predicted octanol–water partition coefficient (Wildman–Crippen LogP) is 3.31. The zero-order valence-electron chi connectivity index (χ0n) is 12.1. The Morgan fingerprint density at radius 2 is 1.75 bits per heavy atom. The van der Waals surface area contributed by atoms with E-state index in [0.717, 1.165) is 11.6 Å². The van der Waals surface area contributed by atoms with Gasteiger partial charge in [-0.3, -0.25) is 0 Å². The number of nitrogens with zero attached hydrogens (tertiary/aromatic N) is 2. The second kappa shape index (κ2) is 5.82. The zero-order chi connectivity index (χ0) is 17.4. The number of aromatic nitrogens is 2. The SMILES string of the molecule is O=S(=O)(Oc1ccc2ccn(Cc3ccccc3)c2n1)C(F)(F)F. The fraction of sp³-hybridized carbons (Fsp3) is 0.133. The third-order valence-corrected chi connectivity index (χ3v) is 4.22. The molecule has 0 bridgehead atoms. The molecule has 0 aliphatic rings. The second-order valence-corrected chi connectivity index (χ2v) is 6.51. The first-order valence-electron chi connectivity index (χ1n) is 6.77. The lowest BCUT2D eigenvalue weighted by Gasteiger charge is -2.09. The lowest BCUT2D eigenvalue weighted by molar-refractivity contribution is -0.0501. The van der Waals surface area contributed by atoms with E-state index >= 15 is 0 Å². The molecule has 3 aromatic rings. The van der Waals surface area contributed by atoms with Crippen LogP contribution in [0.1, 0.15) is 5.56 Å². The van der Waals surface area contributed by atoms with Gasteiger partial charge in [-0.2, -0.15) is 26.6 Å². The molecule has 9 heteroatoms. The van der Waals surface area contributed by atoms with Crippen molar-refractivity contribution in [3.63, 3.8) is 0 Å². The topological polar surface area (TPSA) is 61.2 Å². The van der Waals surface area contributed by atoms with E-state index in [-0.39, 0.29) is 0 Å². The van der Waals surface area contributed by atoms with Crippen LogP contribution < -0.4 is 4.18 Å². The molecular formula is C15H11F3N2O3S. The van der Waals surface area contributed by atoms with Crippen molar-refractivity contribution >= 4 is 21.2 Å². The molecule has 0 saturated heterocycles. The zero-order valence-corrected chi connectivity index (χ0v) is 12.9. The summed E-state index contributed by atoms with van der Waals surface area (Å²) in [6.07, 6.45) is 1.71. The molecule has 0 aliphatic carbocycles. The number of alkyl halides is 3. The highest BCUT2D eigenvalue weighted by Gasteiger charge is 2.48. The van der Waals surface area contributed by atoms with Gasteiger partial charge in [0.2, 0.25) is 5.88 Å². The molecule has 3 rings (SSSR count). The van der Waals surface area contributed by atoms with E-state index in [2.05, 4.69) is 9.17 Å². The molecule has 0 fully saturated rings. The van der Waals surface area contributed by atoms with Crippen LogP contribution in [0.4, 0.5) is 13.2 Å². The highest BCUT2D eigenvalue weighted by molar-refractivity contribution is 7.87. The van der Waals surface area contributed by atoms with Crippen molar-refractivity contribution in [2.24, 2.45) is 0 Å². The van der Waals surface area contributed by atoms with E-state index in [0.29, 0.717) is 17.6 Å². The quantitative estimate of drug-likeness (QED) is 0.532. The van der Waals surface area contributed by atoms with Crippen molar-refractivity contribution < 1.29 is 25.8 Å². The lowest BCUT2D eigenvalue weighted by atomic mass is 10.2. The van der Waals surface area contributed by atoms with Crippen molar-refractivity contribution in [3.05, 3.63) is 60.3 Å². The van der Waals surface area contributed by atoms with Gasteiger partial charge in [-0.25, -0.2) is 0 Å². The molecule has 0 atom stereocenters. The maximum atomic E-state index is 12.4. The van der Waals surface area contributed by atoms with Gasteiger partial charge in [0.15, 0.2) is 0 Å². The van der Waals surface area contributed by atoms with E-state index in [1.165, 1.54) is 6.07 Å². The van der Waals surface area contributed by atoms with Gasteiger partial charge in [0.25, 0.3) is 0 Å². The Morgan fingerprint density at radius 3 is 2.42 bits per heavy atom. The van der Waals surface area contributed by atoms with Crippen molar-refractivity contribution in [2.75, 3.05) is 0 Å². The number of hydrogen-bond acceptors (Lipinski definition) is 4. The summed E-state index contributed by atoms with van der Waals surface area (Å²) in [7, 11) is -5.75. The summed E-state index contributed by atoms with van der Waals surface area (Å²) in [5.74, 6) is -0.632. The Hall–Kier alpha value is -2.55. The van der Waals surface area contributed by atoms with Gasteiger partial charge in [-0.05, 0) is 17.7 Å². The molecule has 0 aliphatic heterocycles. The number of hydrogen-bond donors (Lipinski definition) is 0. The van der Waals surface area contributed by atoms with E-state index in [9.17, 15) is 21.6 Å². The number of rotatable bonds is 4. The number of pyridine rings is 1. The summed E-state index contributed by atoms with van der Waals surface area (Å²) in [5, 5.41) is 0.655. The van der Waals surface area contributed by atoms with Crippen LogP contribution >= 0.6 is 0 Å². The summed E-state index contributed by atoms with van der Waals surface area (Å²) in [5.41, 5.74) is -4.21. The molecule has 2 aromatic heterocycles. The van der Waals surface area contributed by atoms with Crippen LogP contribution in [0.5, 0.6) is 5.88 Å². The largest absolute Gasteiger partial charge is 0.534 e. The summed E-state index contributed by atoms with van der Waals surface area (Å²) < 4.78 is 65.1. The molecular weight excluding hydrogens is 345 g/mol. The highest BCUT2D eigenvalue weighted by atomic mass is 32.2. The molecule has 0 radical (unpaired) electrons. The van der Waals surface area contributed by atoms with Crippen LogP contribution in [0, 0.1) is 0 Å². The summed E-state index contributed by atoms with van der Waals surface area (Å²) in [6, 6.07) is 13.6. The minimum Gasteiger partial charge on any atom is -0.355 e. The molecule has 0 N–H and O–H groups in total. The third kappa shape index (κ3) is 3.21. The summed E-state index contributed by atoms with van der Waals surface area (Å²) in [6.45, 7) is 0.437. The van der Waals surface area contributed by atoms with Crippen LogP contribution in [0.25, 0.3) is 11.0 Å². The first-order chi connectivity index (χ1) is 11.3. The highest BCUT2D eigenvalue weighted by Crippen LogP contribution is 2.27. The molecule has 5 nitrogen and oxygen atoms in total. The van der Waals surface area contributed by atoms with Gasteiger partial charge in [-0.15, -0.1) is 0 Å². The Bertz CT molecular complexity index is 967. The minimum absolute atomic E-state index is 0.328. The van der Waals surface area contributed by atoms with Gasteiger partial charge in [0, 0.05) is 24.2 Å². The van der Waals surface area contributed by atoms with Gasteiger partial charge < -0.3 is 8.75 Å². The maximum Gasteiger partial charge on any atom is 0.534 e. The smallest absolute Gasteiger partial charge is 0.355 e. The van der Waals surface area contributed by atoms with Gasteiger partial charge >= 0.3 is 15.6 Å². The predicted molar refractivity (Wildman–Crippen MR) is 80.9 cm³/mol. The van der Waals surface area contributed by atoms with Crippen molar-refractivity contribution in [1.82, 2.24) is 9.55 Å². The standard InChI is InChI=1S/C15H11F3N2O3S/c16-15(17,18)24(21,22)23-13-7-6-12-8-9-20(14(12)19-13)10-11-4-2-1-3-5-11/h1-9H,10H2. The van der Waals surface area contributed by atoms with Crippen molar-refractivity contribution in [2.45, 2.75) is 12.1 Å². The summed E-state index contributed by atoms with van der Waals surface area (Å²) in [4.78, 5) is 3.89. The van der Waals surface area contributed by atoms with E-state index in [1.54, 1.807) is 16.8 Å². The minimum atomic E-state index is -5.75. The lowest BCUT2D eigenvalue weighted by Crippen LogP contribution is -2.28. The van der Waals surface area contributed by atoms with E-state index in [4.69, 9.17) is 0 Å². The molecule has 0 saturated carbocycles. The Balaban J connectivity index is 1.95. The van der Waals surface area contributed by atoms with Gasteiger partial charge in [-0.1, -0.05) is 30.3 Å². The van der Waals surface area contributed by atoms with Crippen LogP contribution in [0.3, 0.4) is 0 Å². The first-order valence-corrected chi connectivity index (χ1v) is 8.18. The number of halogens is 3. The molecule has 0 unspecified atom stereocenters. The van der Waals surface area contributed by atoms with E-state index in [1.807, 2.05) is 30.3 Å². The molecule has 0 spiro atoms. The number of benzene rings is 1. The van der Waals surface area contributed by atoms with Gasteiger partial charge in [0.1, 0.15) is 5.65 Å². The molecule has 126 valence electrons. The number of fused-ring (bicyclic) bond motifs is 1. The van der Waals surface area contributed by atoms with Crippen LogP contribution in [0.15, 0.2) is 54.7 Å². The molecule has 0 amide bonds. The van der Waals surface area contributed by atoms with Crippen molar-refractivity contribution in [1.29, 1.82) is 0 Å². The average molecular weight is 356 g/mol. The van der Waals surface area contributed by atoms with Crippen LogP contribution in [-0.4, -0.2) is 23.5 Å². The maximum absolute atomic E-state index is 12.4. The third-order valence-electron chi connectivity index (χ3n) is 3.26. The second-order valence-electron chi connectivity index (χ2n) is 4.97. The Labute approximate surface area is 135 Å². The van der Waals surface area contributed by atoms with E-state index < -0.39 is 21.5 Å². The normalized spacial score (nSPS) is 12.5. The fourth-order valence-electron chi connectivity index (χ4n) is 2.16. The first kappa shape index (κ1) is 16.3. The Morgan fingerprint density at radius 1 is 1.04 bits per heavy atom.